The van der Waals surface area contributed by atoms with Crippen molar-refractivity contribution in [3.05, 3.63) is 0 Å². The minimum Gasteiger partial charge on any atom is -0.481 e. The van der Waals surface area contributed by atoms with Crippen LogP contribution in [0.15, 0.2) is 0 Å². The van der Waals surface area contributed by atoms with Crippen LogP contribution in [0.2, 0.25) is 0 Å². The number of hydrogen-bond donors (Lipinski definition) is 1. The van der Waals surface area contributed by atoms with Crippen molar-refractivity contribution in [1.29, 1.82) is 0 Å². The second-order valence-corrected chi connectivity index (χ2v) is 8.30. The van der Waals surface area contributed by atoms with E-state index < -0.39 is 27.3 Å². The molecule has 1 aliphatic heterocycles. The molecule has 2 fully saturated rings. The summed E-state index contributed by atoms with van der Waals surface area (Å²) >= 11 is 0. The normalized spacial score (nSPS) is 24.6. The number of carboxylic acid groups (broad SMARTS) is 1. The fourth-order valence-corrected chi connectivity index (χ4v) is 4.38. The Morgan fingerprint density at radius 1 is 1.38 bits per heavy atom. The standard InChI is InChI=1S/C13H21NO6S/c1-21(18,19)9-13(2-3-13)7-11(15)14-4-5-20-8-10(14)6-12(16)17/h10H,2-9H2,1H3,(H,16,17). The van der Waals surface area contributed by atoms with Crippen LogP contribution in [0.25, 0.3) is 0 Å². The molecule has 0 aromatic carbocycles. The predicted octanol–water partition coefficient (Wildman–Crippen LogP) is -0.0966. The van der Waals surface area contributed by atoms with Gasteiger partial charge in [-0.05, 0) is 18.3 Å². The summed E-state index contributed by atoms with van der Waals surface area (Å²) in [5, 5.41) is 8.89. The van der Waals surface area contributed by atoms with Crippen molar-refractivity contribution < 1.29 is 27.9 Å². The first kappa shape index (κ1) is 16.2. The molecule has 1 saturated carbocycles. The van der Waals surface area contributed by atoms with Gasteiger partial charge in [0.25, 0.3) is 0 Å². The lowest BCUT2D eigenvalue weighted by Crippen LogP contribution is -2.50. The summed E-state index contributed by atoms with van der Waals surface area (Å²) < 4.78 is 28.1. The average molecular weight is 319 g/mol. The van der Waals surface area contributed by atoms with E-state index in [2.05, 4.69) is 0 Å². The molecule has 0 radical (unpaired) electrons. The number of morpholine rings is 1. The summed E-state index contributed by atoms with van der Waals surface area (Å²) in [6, 6.07) is -0.460. The van der Waals surface area contributed by atoms with E-state index in [9.17, 15) is 18.0 Å². The van der Waals surface area contributed by atoms with E-state index in [1.165, 1.54) is 6.26 Å². The molecule has 1 heterocycles. The predicted molar refractivity (Wildman–Crippen MR) is 74.6 cm³/mol. The molecule has 21 heavy (non-hydrogen) atoms. The van der Waals surface area contributed by atoms with Crippen molar-refractivity contribution in [1.82, 2.24) is 4.90 Å². The van der Waals surface area contributed by atoms with Crippen LogP contribution in [0.3, 0.4) is 0 Å². The number of ether oxygens (including phenoxy) is 1. The fraction of sp³-hybridized carbons (Fsp3) is 0.846. The number of sulfone groups is 1. The largest absolute Gasteiger partial charge is 0.481 e. The van der Waals surface area contributed by atoms with Crippen molar-refractivity contribution in [3.63, 3.8) is 0 Å². The molecule has 1 N–H and O–H groups in total. The molecule has 1 aliphatic carbocycles. The first-order valence-corrected chi connectivity index (χ1v) is 9.04. The summed E-state index contributed by atoms with van der Waals surface area (Å²) in [5.41, 5.74) is -0.434. The van der Waals surface area contributed by atoms with Crippen molar-refractivity contribution in [2.24, 2.45) is 5.41 Å². The number of nitrogens with zero attached hydrogens (tertiary/aromatic N) is 1. The molecule has 1 amide bonds. The third-order valence-electron chi connectivity index (χ3n) is 4.01. The zero-order valence-corrected chi connectivity index (χ0v) is 12.9. The Kier molecular flexibility index (Phi) is 4.57. The maximum atomic E-state index is 12.4. The molecule has 0 bridgehead atoms. The molecule has 0 aromatic heterocycles. The smallest absolute Gasteiger partial charge is 0.305 e. The van der Waals surface area contributed by atoms with Gasteiger partial charge >= 0.3 is 5.97 Å². The molecule has 0 aromatic rings. The van der Waals surface area contributed by atoms with Gasteiger partial charge in [0.05, 0.1) is 31.4 Å². The molecule has 2 rings (SSSR count). The Hall–Kier alpha value is -1.15. The number of carboxylic acids is 1. The van der Waals surface area contributed by atoms with E-state index >= 15 is 0 Å². The Morgan fingerprint density at radius 3 is 2.57 bits per heavy atom. The summed E-state index contributed by atoms with van der Waals surface area (Å²) in [6.45, 7) is 0.976. The monoisotopic (exact) mass is 319 g/mol. The molecule has 1 saturated heterocycles. The molecule has 1 atom stereocenters. The Balaban J connectivity index is 1.99. The second kappa shape index (κ2) is 5.92. The van der Waals surface area contributed by atoms with Crippen LogP contribution in [0.4, 0.5) is 0 Å². The highest BCUT2D eigenvalue weighted by atomic mass is 32.2. The number of aliphatic carboxylic acids is 1. The van der Waals surface area contributed by atoms with Gasteiger partial charge in [0, 0.05) is 19.2 Å². The molecule has 1 unspecified atom stereocenters. The van der Waals surface area contributed by atoms with Crippen LogP contribution in [-0.4, -0.2) is 68.1 Å². The highest BCUT2D eigenvalue weighted by Crippen LogP contribution is 2.50. The van der Waals surface area contributed by atoms with Crippen LogP contribution in [-0.2, 0) is 24.2 Å². The molecule has 120 valence electrons. The molecule has 2 aliphatic rings. The van der Waals surface area contributed by atoms with Crippen molar-refractivity contribution in [2.45, 2.75) is 31.7 Å². The average Bonchev–Trinajstić information content (AvgIpc) is 3.05. The zero-order valence-electron chi connectivity index (χ0n) is 12.1. The SMILES string of the molecule is CS(=O)(=O)CC1(CC(=O)N2CCOCC2CC(=O)O)CC1. The van der Waals surface area contributed by atoms with Gasteiger partial charge < -0.3 is 14.7 Å². The van der Waals surface area contributed by atoms with Gasteiger partial charge in [-0.25, -0.2) is 8.42 Å². The van der Waals surface area contributed by atoms with Crippen LogP contribution < -0.4 is 0 Å². The molecule has 7 nitrogen and oxygen atoms in total. The van der Waals surface area contributed by atoms with Gasteiger partial charge in [-0.15, -0.1) is 0 Å². The van der Waals surface area contributed by atoms with E-state index in [0.29, 0.717) is 13.2 Å². The molecular weight excluding hydrogens is 298 g/mol. The summed E-state index contributed by atoms with van der Waals surface area (Å²) in [5.74, 6) is -1.11. The lowest BCUT2D eigenvalue weighted by Gasteiger charge is -2.35. The highest BCUT2D eigenvalue weighted by molar-refractivity contribution is 7.90. The number of carbonyl (C=O) groups excluding carboxylic acids is 1. The maximum Gasteiger partial charge on any atom is 0.305 e. The molecule has 8 heteroatoms. The van der Waals surface area contributed by atoms with Crippen LogP contribution in [0.1, 0.15) is 25.7 Å². The fourth-order valence-electron chi connectivity index (χ4n) is 2.88. The van der Waals surface area contributed by atoms with E-state index in [4.69, 9.17) is 9.84 Å². The van der Waals surface area contributed by atoms with E-state index in [1.54, 1.807) is 4.90 Å². The van der Waals surface area contributed by atoms with Gasteiger partial charge in [0.15, 0.2) is 0 Å². The summed E-state index contributed by atoms with van der Waals surface area (Å²) in [4.78, 5) is 24.8. The number of amides is 1. The maximum absolute atomic E-state index is 12.4. The summed E-state index contributed by atoms with van der Waals surface area (Å²) in [7, 11) is -3.12. The van der Waals surface area contributed by atoms with Crippen LogP contribution in [0.5, 0.6) is 0 Å². The second-order valence-electron chi connectivity index (χ2n) is 6.16. The van der Waals surface area contributed by atoms with E-state index in [-0.39, 0.29) is 31.1 Å². The Labute approximate surface area is 124 Å². The quantitative estimate of drug-likeness (QED) is 0.734. The third-order valence-corrected chi connectivity index (χ3v) is 5.15. The van der Waals surface area contributed by atoms with Crippen LogP contribution >= 0.6 is 0 Å². The highest BCUT2D eigenvalue weighted by Gasteiger charge is 2.48. The van der Waals surface area contributed by atoms with Gasteiger partial charge in [0.1, 0.15) is 9.84 Å². The van der Waals surface area contributed by atoms with Gasteiger partial charge in [-0.1, -0.05) is 0 Å². The van der Waals surface area contributed by atoms with E-state index in [0.717, 1.165) is 12.8 Å². The zero-order chi connectivity index (χ0) is 15.7. The van der Waals surface area contributed by atoms with Gasteiger partial charge in [-0.2, -0.15) is 0 Å². The first-order chi connectivity index (χ1) is 9.71. The Bertz CT molecular complexity index is 525. The number of rotatable bonds is 6. The third kappa shape index (κ3) is 4.67. The van der Waals surface area contributed by atoms with Gasteiger partial charge in [0.2, 0.25) is 5.91 Å². The van der Waals surface area contributed by atoms with Crippen LogP contribution in [0, 0.1) is 5.41 Å². The van der Waals surface area contributed by atoms with Crippen molar-refractivity contribution in [3.8, 4) is 0 Å². The first-order valence-electron chi connectivity index (χ1n) is 6.98. The molecular formula is C13H21NO6S. The number of hydrogen-bond acceptors (Lipinski definition) is 5. The lowest BCUT2D eigenvalue weighted by molar-refractivity contribution is -0.146. The Morgan fingerprint density at radius 2 is 2.05 bits per heavy atom. The van der Waals surface area contributed by atoms with Crippen molar-refractivity contribution >= 4 is 21.7 Å². The lowest BCUT2D eigenvalue weighted by atomic mass is 10.0. The van der Waals surface area contributed by atoms with Gasteiger partial charge in [-0.3, -0.25) is 9.59 Å². The van der Waals surface area contributed by atoms with Crippen molar-refractivity contribution in [2.75, 3.05) is 31.8 Å². The minimum atomic E-state index is -3.12. The van der Waals surface area contributed by atoms with E-state index in [1.807, 2.05) is 0 Å². The summed E-state index contributed by atoms with van der Waals surface area (Å²) in [6.07, 6.45) is 2.68. The number of carbonyl (C=O) groups is 2. The minimum absolute atomic E-state index is 0.0275. The molecule has 0 spiro atoms. The topological polar surface area (TPSA) is 101 Å².